The largest absolute Gasteiger partial charge is 0.494 e. The average Bonchev–Trinajstić information content (AvgIpc) is 2.27. The molecule has 0 aromatic carbocycles. The van der Waals surface area contributed by atoms with E-state index in [9.17, 15) is 14.7 Å². The van der Waals surface area contributed by atoms with Gasteiger partial charge in [0.2, 0.25) is 5.88 Å². The Kier molecular flexibility index (Phi) is 3.15. The van der Waals surface area contributed by atoms with Gasteiger partial charge in [0, 0.05) is 12.4 Å². The van der Waals surface area contributed by atoms with Crippen LogP contribution < -0.4 is 11.2 Å². The second-order valence-electron chi connectivity index (χ2n) is 3.19. The zero-order chi connectivity index (χ0) is 13.1. The fourth-order valence-corrected chi connectivity index (χ4v) is 1.36. The zero-order valence-corrected chi connectivity index (χ0v) is 9.61. The van der Waals surface area contributed by atoms with Crippen molar-refractivity contribution in [3.63, 3.8) is 0 Å². The molecule has 0 aliphatic carbocycles. The molecule has 0 saturated heterocycles. The first-order valence-corrected chi connectivity index (χ1v) is 5.12. The summed E-state index contributed by atoms with van der Waals surface area (Å²) in [6, 6.07) is 1.44. The molecule has 0 atom stereocenters. The van der Waals surface area contributed by atoms with Gasteiger partial charge in [-0.25, -0.2) is 14.8 Å². The highest BCUT2D eigenvalue weighted by atomic mass is 32.1. The van der Waals surface area contributed by atoms with Gasteiger partial charge in [-0.05, 0) is 18.3 Å². The summed E-state index contributed by atoms with van der Waals surface area (Å²) in [7, 11) is 0. The minimum absolute atomic E-state index is 0.00645. The van der Waals surface area contributed by atoms with Crippen LogP contribution in [0.5, 0.6) is 5.88 Å². The summed E-state index contributed by atoms with van der Waals surface area (Å²) in [6.45, 7) is 0. The van der Waals surface area contributed by atoms with Gasteiger partial charge in [0.25, 0.3) is 5.56 Å². The van der Waals surface area contributed by atoms with Crippen molar-refractivity contribution in [2.45, 2.75) is 0 Å². The van der Waals surface area contributed by atoms with Crippen LogP contribution in [0.15, 0.2) is 26.8 Å². The quantitative estimate of drug-likeness (QED) is 0.448. The second-order valence-corrected chi connectivity index (χ2v) is 3.60. The topological polar surface area (TPSA) is 127 Å². The molecule has 0 aliphatic rings. The van der Waals surface area contributed by atoms with Crippen molar-refractivity contribution in [3.8, 4) is 5.88 Å². The second kappa shape index (κ2) is 4.75. The van der Waals surface area contributed by atoms with Crippen LogP contribution in [-0.4, -0.2) is 31.3 Å². The first-order valence-electron chi connectivity index (χ1n) is 4.71. The van der Waals surface area contributed by atoms with Crippen LogP contribution in [0.2, 0.25) is 0 Å². The molecular weight excluding hydrogens is 258 g/mol. The predicted octanol–water partition coefficient (Wildman–Crippen LogP) is -0.0280. The number of rotatable bonds is 2. The Morgan fingerprint density at radius 3 is 2.78 bits per heavy atom. The van der Waals surface area contributed by atoms with E-state index in [0.29, 0.717) is 0 Å². The summed E-state index contributed by atoms with van der Waals surface area (Å²) in [5.74, 6) is -0.194. The molecule has 2 heterocycles. The van der Waals surface area contributed by atoms with Gasteiger partial charge < -0.3 is 10.1 Å². The van der Waals surface area contributed by atoms with Gasteiger partial charge in [-0.3, -0.25) is 14.8 Å². The van der Waals surface area contributed by atoms with Crippen molar-refractivity contribution in [1.29, 1.82) is 0 Å². The monoisotopic (exact) mass is 265 g/mol. The number of aliphatic imine (C=N–C) groups is 1. The standard InChI is InChI=1S/C9H7N5O3S/c15-6-4(7(16)14-9(18)13-6)3-11-5-1-2-10-8(17)12-5/h1-3H,(H,10,12,17)(H3,13,14,15,16,18)/b11-3+. The molecule has 8 nitrogen and oxygen atoms in total. The first-order chi connectivity index (χ1) is 8.56. The van der Waals surface area contributed by atoms with E-state index in [1.165, 1.54) is 12.3 Å². The summed E-state index contributed by atoms with van der Waals surface area (Å²) in [5, 5.41) is 9.49. The zero-order valence-electron chi connectivity index (χ0n) is 8.80. The van der Waals surface area contributed by atoms with Gasteiger partial charge in [0.15, 0.2) is 4.77 Å². The van der Waals surface area contributed by atoms with E-state index in [-0.39, 0.29) is 16.2 Å². The number of hydrogen-bond donors (Lipinski definition) is 4. The van der Waals surface area contributed by atoms with Gasteiger partial charge in [0.1, 0.15) is 11.4 Å². The van der Waals surface area contributed by atoms with Crippen LogP contribution in [0.4, 0.5) is 5.82 Å². The molecule has 0 radical (unpaired) electrons. The lowest BCUT2D eigenvalue weighted by molar-refractivity contribution is 0.449. The molecule has 0 aliphatic heterocycles. The molecule has 0 fully saturated rings. The lowest BCUT2D eigenvalue weighted by Crippen LogP contribution is -2.13. The van der Waals surface area contributed by atoms with Gasteiger partial charge in [-0.15, -0.1) is 0 Å². The van der Waals surface area contributed by atoms with E-state index >= 15 is 0 Å². The Labute approximate surface area is 104 Å². The maximum atomic E-state index is 11.5. The Hall–Kier alpha value is -2.55. The molecule has 2 rings (SSSR count). The molecule has 4 N–H and O–H groups in total. The molecule has 2 aromatic heterocycles. The van der Waals surface area contributed by atoms with Gasteiger partial charge in [-0.1, -0.05) is 0 Å². The fraction of sp³-hybridized carbons (Fsp3) is 0. The highest BCUT2D eigenvalue weighted by Gasteiger charge is 2.04. The third-order valence-electron chi connectivity index (χ3n) is 1.95. The molecule has 0 bridgehead atoms. The van der Waals surface area contributed by atoms with Crippen molar-refractivity contribution in [1.82, 2.24) is 19.9 Å². The summed E-state index contributed by atoms with van der Waals surface area (Å²) in [6.07, 6.45) is 2.37. The lowest BCUT2D eigenvalue weighted by atomic mass is 10.3. The SMILES string of the molecule is O=c1nccc(/N=C/c2c(O)[nH]c(=S)[nH]c2=O)[nH]1. The fourth-order valence-electron chi connectivity index (χ4n) is 1.17. The molecule has 2 aromatic rings. The third-order valence-corrected chi connectivity index (χ3v) is 2.15. The van der Waals surface area contributed by atoms with Gasteiger partial charge in [-0.2, -0.15) is 0 Å². The van der Waals surface area contributed by atoms with Crippen LogP contribution in [0.25, 0.3) is 0 Å². The number of nitrogens with one attached hydrogen (secondary N) is 3. The minimum Gasteiger partial charge on any atom is -0.494 e. The molecule has 0 saturated carbocycles. The maximum Gasteiger partial charge on any atom is 0.346 e. The maximum absolute atomic E-state index is 11.5. The average molecular weight is 265 g/mol. The molecular formula is C9H7N5O3S. The summed E-state index contributed by atoms with van der Waals surface area (Å²) >= 11 is 4.67. The molecule has 0 unspecified atom stereocenters. The number of hydrogen-bond acceptors (Lipinski definition) is 6. The Morgan fingerprint density at radius 2 is 2.11 bits per heavy atom. The van der Waals surface area contributed by atoms with Gasteiger partial charge in [0.05, 0.1) is 0 Å². The number of nitrogens with zero attached hydrogens (tertiary/aromatic N) is 2. The Bertz CT molecular complexity index is 773. The van der Waals surface area contributed by atoms with Crippen LogP contribution in [0.3, 0.4) is 0 Å². The number of aromatic hydroxyl groups is 1. The van der Waals surface area contributed by atoms with E-state index in [0.717, 1.165) is 6.21 Å². The van der Waals surface area contributed by atoms with Gasteiger partial charge >= 0.3 is 5.69 Å². The van der Waals surface area contributed by atoms with Crippen molar-refractivity contribution < 1.29 is 5.11 Å². The van der Waals surface area contributed by atoms with E-state index < -0.39 is 17.1 Å². The molecule has 0 amide bonds. The Balaban J connectivity index is 2.44. The van der Waals surface area contributed by atoms with Crippen LogP contribution >= 0.6 is 12.2 Å². The lowest BCUT2D eigenvalue weighted by Gasteiger charge is -1.97. The van der Waals surface area contributed by atoms with E-state index in [4.69, 9.17) is 0 Å². The predicted molar refractivity (Wildman–Crippen MR) is 66.0 cm³/mol. The van der Waals surface area contributed by atoms with Crippen molar-refractivity contribution >= 4 is 24.3 Å². The molecule has 0 spiro atoms. The smallest absolute Gasteiger partial charge is 0.346 e. The first kappa shape index (κ1) is 11.9. The summed E-state index contributed by atoms with van der Waals surface area (Å²) < 4.78 is 0.00645. The van der Waals surface area contributed by atoms with Crippen molar-refractivity contribution in [2.24, 2.45) is 4.99 Å². The number of H-pyrrole nitrogens is 3. The van der Waals surface area contributed by atoms with Crippen molar-refractivity contribution in [2.75, 3.05) is 0 Å². The summed E-state index contributed by atoms with van der Waals surface area (Å²) in [5.41, 5.74) is -1.24. The highest BCUT2D eigenvalue weighted by Crippen LogP contribution is 2.07. The van der Waals surface area contributed by atoms with Crippen molar-refractivity contribution in [3.05, 3.63) is 43.4 Å². The molecule has 92 valence electrons. The van der Waals surface area contributed by atoms with Crippen LogP contribution in [0.1, 0.15) is 5.56 Å². The normalized spacial score (nSPS) is 10.9. The molecule has 18 heavy (non-hydrogen) atoms. The number of aromatic amines is 3. The van der Waals surface area contributed by atoms with E-state index in [1.807, 2.05) is 0 Å². The van der Waals surface area contributed by atoms with E-state index in [1.54, 1.807) is 0 Å². The summed E-state index contributed by atoms with van der Waals surface area (Å²) in [4.78, 5) is 36.6. The minimum atomic E-state index is -0.587. The third kappa shape index (κ3) is 2.58. The molecule has 9 heteroatoms. The number of aromatic nitrogens is 4. The van der Waals surface area contributed by atoms with Crippen LogP contribution in [-0.2, 0) is 0 Å². The van der Waals surface area contributed by atoms with E-state index in [2.05, 4.69) is 37.1 Å². The Morgan fingerprint density at radius 1 is 1.33 bits per heavy atom. The highest BCUT2D eigenvalue weighted by molar-refractivity contribution is 7.71. The van der Waals surface area contributed by atoms with Crippen LogP contribution in [0, 0.1) is 4.77 Å².